The zero-order valence-electron chi connectivity index (χ0n) is 12.0. The molecule has 0 radical (unpaired) electrons. The number of hydrogen-bond donors (Lipinski definition) is 1. The Morgan fingerprint density at radius 3 is 2.55 bits per heavy atom. The number of nitrogens with zero attached hydrogens (tertiary/aromatic N) is 1. The third kappa shape index (κ3) is 5.11. The molecule has 0 aliphatic carbocycles. The highest BCUT2D eigenvalue weighted by atomic mass is 127. The fourth-order valence-corrected chi connectivity index (χ4v) is 2.45. The average Bonchev–Trinajstić information content (AvgIpc) is 2.46. The van der Waals surface area contributed by atoms with Gasteiger partial charge in [0.2, 0.25) is 5.91 Å². The van der Waals surface area contributed by atoms with E-state index in [1.54, 1.807) is 11.0 Å². The van der Waals surface area contributed by atoms with Crippen molar-refractivity contribution in [2.75, 3.05) is 19.6 Å². The Morgan fingerprint density at radius 2 is 1.95 bits per heavy atom. The summed E-state index contributed by atoms with van der Waals surface area (Å²) >= 11 is 2.12. The Labute approximate surface area is 134 Å². The molecule has 110 valence electrons. The number of unbranched alkanes of at least 4 members (excludes halogenated alkanes) is 1. The van der Waals surface area contributed by atoms with Gasteiger partial charge < -0.3 is 10.2 Å². The summed E-state index contributed by atoms with van der Waals surface area (Å²) < 4.78 is 0.883. The molecule has 1 aromatic rings. The summed E-state index contributed by atoms with van der Waals surface area (Å²) in [6.07, 6.45) is 2.04. The van der Waals surface area contributed by atoms with Crippen LogP contribution < -0.4 is 5.32 Å². The number of carbonyl (C=O) groups excluding carboxylic acids is 2. The van der Waals surface area contributed by atoms with Crippen LogP contribution in [0.3, 0.4) is 0 Å². The second kappa shape index (κ2) is 8.94. The van der Waals surface area contributed by atoms with E-state index in [0.717, 1.165) is 23.0 Å². The fraction of sp³-hybridized carbons (Fsp3) is 0.467. The van der Waals surface area contributed by atoms with E-state index < -0.39 is 0 Å². The summed E-state index contributed by atoms with van der Waals surface area (Å²) in [6, 6.07) is 7.33. The van der Waals surface area contributed by atoms with Crippen LogP contribution in [-0.2, 0) is 4.79 Å². The monoisotopic (exact) mass is 388 g/mol. The minimum absolute atomic E-state index is 0.0276. The van der Waals surface area contributed by atoms with Crippen molar-refractivity contribution in [3.63, 3.8) is 0 Å². The number of benzene rings is 1. The number of amides is 2. The van der Waals surface area contributed by atoms with E-state index in [-0.39, 0.29) is 18.4 Å². The van der Waals surface area contributed by atoms with Crippen molar-refractivity contribution in [1.82, 2.24) is 10.2 Å². The highest BCUT2D eigenvalue weighted by Crippen LogP contribution is 2.10. The van der Waals surface area contributed by atoms with E-state index in [4.69, 9.17) is 0 Å². The Kier molecular flexibility index (Phi) is 7.58. The molecule has 0 bridgehead atoms. The van der Waals surface area contributed by atoms with Gasteiger partial charge in [-0.25, -0.2) is 0 Å². The van der Waals surface area contributed by atoms with Crippen LogP contribution in [0.5, 0.6) is 0 Å². The van der Waals surface area contributed by atoms with Gasteiger partial charge in [0.1, 0.15) is 0 Å². The van der Waals surface area contributed by atoms with Gasteiger partial charge in [0, 0.05) is 16.7 Å². The van der Waals surface area contributed by atoms with Crippen LogP contribution in [0, 0.1) is 3.57 Å². The SMILES string of the molecule is CCCCN(CC)C(=O)CNC(=O)c1ccccc1I. The Bertz CT molecular complexity index is 463. The minimum Gasteiger partial charge on any atom is -0.343 e. The minimum atomic E-state index is -0.199. The summed E-state index contributed by atoms with van der Waals surface area (Å²) in [5, 5.41) is 2.70. The quantitative estimate of drug-likeness (QED) is 0.731. The van der Waals surface area contributed by atoms with Crippen molar-refractivity contribution in [1.29, 1.82) is 0 Å². The number of likely N-dealkylation sites (N-methyl/N-ethyl adjacent to an activating group) is 1. The molecule has 1 N–H and O–H groups in total. The van der Waals surface area contributed by atoms with E-state index in [2.05, 4.69) is 34.8 Å². The molecule has 0 heterocycles. The first-order chi connectivity index (χ1) is 9.60. The van der Waals surface area contributed by atoms with Crippen LogP contribution in [0.15, 0.2) is 24.3 Å². The van der Waals surface area contributed by atoms with Gasteiger partial charge in [0.25, 0.3) is 5.91 Å². The lowest BCUT2D eigenvalue weighted by Crippen LogP contribution is -2.40. The van der Waals surface area contributed by atoms with Gasteiger partial charge in [-0.2, -0.15) is 0 Å². The van der Waals surface area contributed by atoms with Gasteiger partial charge in [0.05, 0.1) is 12.1 Å². The second-order valence-corrected chi connectivity index (χ2v) is 5.65. The lowest BCUT2D eigenvalue weighted by Gasteiger charge is -2.20. The Balaban J connectivity index is 2.52. The van der Waals surface area contributed by atoms with Crippen molar-refractivity contribution in [2.24, 2.45) is 0 Å². The number of halogens is 1. The molecule has 0 fully saturated rings. The fourth-order valence-electron chi connectivity index (χ4n) is 1.82. The molecule has 5 heteroatoms. The smallest absolute Gasteiger partial charge is 0.252 e. The highest BCUT2D eigenvalue weighted by molar-refractivity contribution is 14.1. The van der Waals surface area contributed by atoms with Crippen LogP contribution in [0.25, 0.3) is 0 Å². The average molecular weight is 388 g/mol. The van der Waals surface area contributed by atoms with Gasteiger partial charge in [-0.1, -0.05) is 25.5 Å². The van der Waals surface area contributed by atoms with Crippen LogP contribution in [0.2, 0.25) is 0 Å². The van der Waals surface area contributed by atoms with Crippen molar-refractivity contribution in [3.05, 3.63) is 33.4 Å². The lowest BCUT2D eigenvalue weighted by molar-refractivity contribution is -0.130. The number of nitrogens with one attached hydrogen (secondary N) is 1. The van der Waals surface area contributed by atoms with Gasteiger partial charge in [-0.05, 0) is 48.1 Å². The van der Waals surface area contributed by atoms with Crippen molar-refractivity contribution >= 4 is 34.4 Å². The molecule has 1 rings (SSSR count). The first-order valence-electron chi connectivity index (χ1n) is 6.90. The van der Waals surface area contributed by atoms with Crippen molar-refractivity contribution in [2.45, 2.75) is 26.7 Å². The maximum absolute atomic E-state index is 12.0. The summed E-state index contributed by atoms with van der Waals surface area (Å²) in [5.41, 5.74) is 0.609. The maximum atomic E-state index is 12.0. The van der Waals surface area contributed by atoms with Crippen LogP contribution >= 0.6 is 22.6 Å². The molecule has 0 saturated heterocycles. The molecule has 1 aromatic carbocycles. The normalized spacial score (nSPS) is 10.2. The Morgan fingerprint density at radius 1 is 1.25 bits per heavy atom. The summed E-state index contributed by atoms with van der Waals surface area (Å²) in [4.78, 5) is 25.8. The van der Waals surface area contributed by atoms with Gasteiger partial charge >= 0.3 is 0 Å². The Hall–Kier alpha value is -1.11. The van der Waals surface area contributed by atoms with E-state index in [1.807, 2.05) is 25.1 Å². The predicted octanol–water partition coefficient (Wildman–Crippen LogP) is 2.67. The summed E-state index contributed by atoms with van der Waals surface area (Å²) in [6.45, 7) is 5.54. The van der Waals surface area contributed by atoms with Crippen LogP contribution in [-0.4, -0.2) is 36.3 Å². The molecule has 0 atom stereocenters. The van der Waals surface area contributed by atoms with Crippen molar-refractivity contribution < 1.29 is 9.59 Å². The molecule has 4 nitrogen and oxygen atoms in total. The third-order valence-corrected chi connectivity index (χ3v) is 3.98. The molecular formula is C15H21IN2O2. The lowest BCUT2D eigenvalue weighted by atomic mass is 10.2. The number of rotatable bonds is 7. The van der Waals surface area contributed by atoms with E-state index in [1.165, 1.54) is 0 Å². The summed E-state index contributed by atoms with van der Waals surface area (Å²) in [7, 11) is 0. The van der Waals surface area contributed by atoms with Gasteiger partial charge in [0.15, 0.2) is 0 Å². The molecular weight excluding hydrogens is 367 g/mol. The van der Waals surface area contributed by atoms with Crippen LogP contribution in [0.1, 0.15) is 37.0 Å². The van der Waals surface area contributed by atoms with Gasteiger partial charge in [-0.3, -0.25) is 9.59 Å². The molecule has 0 aliphatic rings. The zero-order chi connectivity index (χ0) is 15.0. The highest BCUT2D eigenvalue weighted by Gasteiger charge is 2.14. The molecule has 0 saturated carbocycles. The maximum Gasteiger partial charge on any atom is 0.252 e. The van der Waals surface area contributed by atoms with E-state index >= 15 is 0 Å². The molecule has 2 amide bonds. The number of carbonyl (C=O) groups is 2. The molecule has 0 aromatic heterocycles. The van der Waals surface area contributed by atoms with Gasteiger partial charge in [-0.15, -0.1) is 0 Å². The summed E-state index contributed by atoms with van der Waals surface area (Å²) in [5.74, 6) is -0.227. The molecule has 0 unspecified atom stereocenters. The number of hydrogen-bond acceptors (Lipinski definition) is 2. The van der Waals surface area contributed by atoms with E-state index in [9.17, 15) is 9.59 Å². The molecule has 20 heavy (non-hydrogen) atoms. The van der Waals surface area contributed by atoms with Crippen molar-refractivity contribution in [3.8, 4) is 0 Å². The molecule has 0 spiro atoms. The second-order valence-electron chi connectivity index (χ2n) is 4.49. The zero-order valence-corrected chi connectivity index (χ0v) is 14.1. The predicted molar refractivity (Wildman–Crippen MR) is 88.7 cm³/mol. The first-order valence-corrected chi connectivity index (χ1v) is 7.98. The van der Waals surface area contributed by atoms with E-state index in [0.29, 0.717) is 12.1 Å². The van der Waals surface area contributed by atoms with Crippen LogP contribution in [0.4, 0.5) is 0 Å². The largest absolute Gasteiger partial charge is 0.343 e. The first kappa shape index (κ1) is 16.9. The topological polar surface area (TPSA) is 49.4 Å². The third-order valence-electron chi connectivity index (χ3n) is 3.03. The molecule has 0 aliphatic heterocycles. The standard InChI is InChI=1S/C15H21IN2O2/c1-3-5-10-18(4-2)14(19)11-17-15(20)12-8-6-7-9-13(12)16/h6-9H,3-5,10-11H2,1-2H3,(H,17,20).